The summed E-state index contributed by atoms with van der Waals surface area (Å²) in [4.78, 5) is 0. The second kappa shape index (κ2) is 6.76. The summed E-state index contributed by atoms with van der Waals surface area (Å²) in [7, 11) is 1.24. The van der Waals surface area contributed by atoms with Crippen LogP contribution in [0.2, 0.25) is 12.6 Å². The van der Waals surface area contributed by atoms with E-state index >= 15 is 0 Å². The van der Waals surface area contributed by atoms with E-state index in [-0.39, 0.29) is 0 Å². The average molecular weight is 255 g/mol. The molecule has 0 heterocycles. The van der Waals surface area contributed by atoms with Crippen molar-refractivity contribution in [3.8, 4) is 0 Å². The van der Waals surface area contributed by atoms with Gasteiger partial charge in [0.2, 0.25) is 0 Å². The lowest BCUT2D eigenvalue weighted by Crippen LogP contribution is -2.37. The molecule has 0 saturated heterocycles. The Morgan fingerprint density at radius 3 is 2.35 bits per heavy atom. The second-order valence-corrected chi connectivity index (χ2v) is 7.69. The minimum atomic E-state index is -2.08. The Labute approximate surface area is 104 Å². The largest absolute Gasteiger partial charge is 0.398 e. The number of rotatable bonds is 7. The molecule has 2 N–H and O–H groups in total. The third-order valence-electron chi connectivity index (χ3n) is 2.84. The van der Waals surface area contributed by atoms with Crippen molar-refractivity contribution in [1.29, 1.82) is 0 Å². The maximum Gasteiger partial charge on any atom is 0.334 e. The van der Waals surface area contributed by atoms with Crippen LogP contribution in [0, 0.1) is 0 Å². The third-order valence-corrected chi connectivity index (χ3v) is 5.77. The molecule has 0 aliphatic carbocycles. The van der Waals surface area contributed by atoms with Crippen molar-refractivity contribution in [3.05, 3.63) is 30.3 Å². The first-order valence-electron chi connectivity index (χ1n) is 5.69. The smallest absolute Gasteiger partial charge is 0.334 e. The number of nitrogens with one attached hydrogen (secondary N) is 1. The third kappa shape index (κ3) is 4.87. The first-order valence-corrected chi connectivity index (χ1v) is 8.22. The number of hydrogen-bond donors (Lipinski definition) is 2. The van der Waals surface area contributed by atoms with Gasteiger partial charge >= 0.3 is 8.56 Å². The molecule has 0 spiro atoms. The normalized spacial score (nSPS) is 13.4. The predicted octanol–water partition coefficient (Wildman–Crippen LogP) is 2.17. The summed E-state index contributed by atoms with van der Waals surface area (Å²) in [5.74, 6) is 0. The van der Waals surface area contributed by atoms with E-state index in [4.69, 9.17) is 8.85 Å². The Morgan fingerprint density at radius 1 is 1.24 bits per heavy atom. The van der Waals surface area contributed by atoms with Gasteiger partial charge in [0.1, 0.15) is 6.23 Å². The van der Waals surface area contributed by atoms with Crippen LogP contribution in [0.25, 0.3) is 0 Å². The van der Waals surface area contributed by atoms with Crippen LogP contribution >= 0.6 is 0 Å². The van der Waals surface area contributed by atoms with Crippen molar-refractivity contribution in [2.45, 2.75) is 25.2 Å². The quantitative estimate of drug-likeness (QED) is 0.579. The van der Waals surface area contributed by atoms with Gasteiger partial charge in [0.05, 0.1) is 0 Å². The highest BCUT2D eigenvalue weighted by Gasteiger charge is 2.29. The molecular formula is C12H21NO3Si. The number of benzene rings is 1. The molecule has 4 nitrogen and oxygen atoms in total. The van der Waals surface area contributed by atoms with Crippen LogP contribution in [0.15, 0.2) is 30.3 Å². The van der Waals surface area contributed by atoms with Crippen LogP contribution in [0.3, 0.4) is 0 Å². The first kappa shape index (κ1) is 14.2. The molecule has 96 valence electrons. The molecule has 1 rings (SSSR count). The summed E-state index contributed by atoms with van der Waals surface area (Å²) in [5.41, 5.74) is 0.915. The van der Waals surface area contributed by atoms with Crippen LogP contribution in [-0.4, -0.2) is 34.1 Å². The molecule has 0 radical (unpaired) electrons. The van der Waals surface area contributed by atoms with Gasteiger partial charge in [-0.1, -0.05) is 18.2 Å². The van der Waals surface area contributed by atoms with E-state index < -0.39 is 14.8 Å². The van der Waals surface area contributed by atoms with Crippen LogP contribution < -0.4 is 5.32 Å². The molecule has 17 heavy (non-hydrogen) atoms. The summed E-state index contributed by atoms with van der Waals surface area (Å²) in [5, 5.41) is 12.9. The van der Waals surface area contributed by atoms with Crippen molar-refractivity contribution in [3.63, 3.8) is 0 Å². The SMILES string of the molecule is CO[Si](C)(CCC(O)Nc1ccccc1)OC. The molecule has 0 amide bonds. The zero-order chi connectivity index (χ0) is 12.7. The minimum Gasteiger partial charge on any atom is -0.398 e. The number of para-hydroxylation sites is 1. The summed E-state index contributed by atoms with van der Waals surface area (Å²) >= 11 is 0. The van der Waals surface area contributed by atoms with E-state index in [9.17, 15) is 5.11 Å². The highest BCUT2D eigenvalue weighted by Crippen LogP contribution is 2.16. The van der Waals surface area contributed by atoms with E-state index in [1.807, 2.05) is 36.9 Å². The maximum absolute atomic E-state index is 9.86. The molecule has 0 fully saturated rings. The first-order chi connectivity index (χ1) is 8.09. The topological polar surface area (TPSA) is 50.7 Å². The van der Waals surface area contributed by atoms with Gasteiger partial charge in [-0.25, -0.2) is 0 Å². The van der Waals surface area contributed by atoms with E-state index in [2.05, 4.69) is 5.32 Å². The van der Waals surface area contributed by atoms with Crippen LogP contribution in [0.5, 0.6) is 0 Å². The number of aliphatic hydroxyl groups is 1. The Kier molecular flexibility index (Phi) is 5.63. The maximum atomic E-state index is 9.86. The molecule has 0 saturated carbocycles. The van der Waals surface area contributed by atoms with E-state index in [0.29, 0.717) is 6.42 Å². The highest BCUT2D eigenvalue weighted by molar-refractivity contribution is 6.65. The summed E-state index contributed by atoms with van der Waals surface area (Å²) in [6.45, 7) is 1.99. The van der Waals surface area contributed by atoms with E-state index in [1.165, 1.54) is 0 Å². The molecule has 1 atom stereocenters. The van der Waals surface area contributed by atoms with E-state index in [0.717, 1.165) is 11.7 Å². The van der Waals surface area contributed by atoms with Gasteiger partial charge in [0, 0.05) is 19.9 Å². The van der Waals surface area contributed by atoms with Gasteiger partial charge in [-0.3, -0.25) is 0 Å². The molecule has 1 unspecified atom stereocenters. The Balaban J connectivity index is 2.38. The van der Waals surface area contributed by atoms with Gasteiger partial charge in [-0.05, 0) is 31.1 Å². The summed E-state index contributed by atoms with van der Waals surface area (Å²) in [6.07, 6.45) is 0.0359. The Bertz CT molecular complexity index is 317. The molecule has 0 aromatic heterocycles. The fourth-order valence-electron chi connectivity index (χ4n) is 1.49. The van der Waals surface area contributed by atoms with Crippen LogP contribution in [-0.2, 0) is 8.85 Å². The molecule has 5 heteroatoms. The number of aliphatic hydroxyl groups excluding tert-OH is 1. The lowest BCUT2D eigenvalue weighted by atomic mass is 10.3. The molecule has 1 aromatic rings. The Hall–Kier alpha value is -0.883. The molecule has 1 aromatic carbocycles. The van der Waals surface area contributed by atoms with Gasteiger partial charge in [0.25, 0.3) is 0 Å². The van der Waals surface area contributed by atoms with Crippen LogP contribution in [0.4, 0.5) is 5.69 Å². The fraction of sp³-hybridized carbons (Fsp3) is 0.500. The lowest BCUT2D eigenvalue weighted by molar-refractivity contribution is 0.187. The van der Waals surface area contributed by atoms with Crippen molar-refractivity contribution in [1.82, 2.24) is 0 Å². The second-order valence-electron chi connectivity index (χ2n) is 4.11. The van der Waals surface area contributed by atoms with E-state index in [1.54, 1.807) is 14.2 Å². The van der Waals surface area contributed by atoms with Gasteiger partial charge in [-0.2, -0.15) is 0 Å². The predicted molar refractivity (Wildman–Crippen MR) is 71.1 cm³/mol. The van der Waals surface area contributed by atoms with Crippen molar-refractivity contribution < 1.29 is 14.0 Å². The standard InChI is InChI=1S/C12H21NO3Si/c1-15-17(3,16-2)10-9-12(14)13-11-7-5-4-6-8-11/h4-8,12-14H,9-10H2,1-3H3. The zero-order valence-corrected chi connectivity index (χ0v) is 11.6. The van der Waals surface area contributed by atoms with Gasteiger partial charge in [0.15, 0.2) is 0 Å². The van der Waals surface area contributed by atoms with Gasteiger partial charge in [-0.15, -0.1) is 0 Å². The highest BCUT2D eigenvalue weighted by atomic mass is 28.4. The summed E-state index contributed by atoms with van der Waals surface area (Å²) < 4.78 is 10.7. The molecule has 0 aliphatic rings. The van der Waals surface area contributed by atoms with Crippen LogP contribution in [0.1, 0.15) is 6.42 Å². The zero-order valence-electron chi connectivity index (χ0n) is 10.6. The average Bonchev–Trinajstić information content (AvgIpc) is 2.37. The summed E-state index contributed by atoms with van der Waals surface area (Å²) in [6, 6.07) is 10.4. The molecule has 0 aliphatic heterocycles. The molecule has 0 bridgehead atoms. The van der Waals surface area contributed by atoms with Crippen molar-refractivity contribution >= 4 is 14.2 Å². The van der Waals surface area contributed by atoms with Crippen molar-refractivity contribution in [2.24, 2.45) is 0 Å². The Morgan fingerprint density at radius 2 is 1.82 bits per heavy atom. The lowest BCUT2D eigenvalue weighted by Gasteiger charge is -2.24. The fourth-order valence-corrected chi connectivity index (χ4v) is 2.86. The monoisotopic (exact) mass is 255 g/mol. The number of hydrogen-bond acceptors (Lipinski definition) is 4. The molecular weight excluding hydrogens is 234 g/mol. The number of anilines is 1. The van der Waals surface area contributed by atoms with Gasteiger partial charge < -0.3 is 19.3 Å². The van der Waals surface area contributed by atoms with Crippen molar-refractivity contribution in [2.75, 3.05) is 19.5 Å². The minimum absolute atomic E-state index is 0.575.